The Hall–Kier alpha value is -2.88. The van der Waals surface area contributed by atoms with Gasteiger partial charge in [-0.25, -0.2) is 0 Å². The third-order valence-corrected chi connectivity index (χ3v) is 4.67. The number of benzene rings is 2. The zero-order chi connectivity index (χ0) is 18.5. The lowest BCUT2D eigenvalue weighted by Crippen LogP contribution is -2.07. The Balaban J connectivity index is 1.82. The normalized spacial score (nSPS) is 16.6. The molecule has 0 spiro atoms. The first-order valence-electron chi connectivity index (χ1n) is 8.87. The van der Waals surface area contributed by atoms with Crippen LogP contribution in [0.1, 0.15) is 80.0 Å². The second kappa shape index (κ2) is 8.00. The van der Waals surface area contributed by atoms with Crippen LogP contribution in [0.3, 0.4) is 0 Å². The highest BCUT2D eigenvalue weighted by atomic mass is 16.1. The molecule has 0 saturated carbocycles. The molecule has 4 aliphatic carbocycles. The maximum atomic E-state index is 12.2. The van der Waals surface area contributed by atoms with E-state index >= 15 is 0 Å². The first kappa shape index (κ1) is 17.9. The van der Waals surface area contributed by atoms with Crippen LogP contribution < -0.4 is 0 Å². The van der Waals surface area contributed by atoms with E-state index in [1.165, 1.54) is 0 Å². The van der Waals surface area contributed by atoms with Crippen molar-refractivity contribution in [2.24, 2.45) is 0 Å². The summed E-state index contributed by atoms with van der Waals surface area (Å²) in [6.45, 7) is 0. The van der Waals surface area contributed by atoms with Crippen LogP contribution >= 0.6 is 0 Å². The Labute approximate surface area is 152 Å². The topological polar surface area (TPSA) is 68.3 Å². The predicted molar refractivity (Wildman–Crippen MR) is 97.9 cm³/mol. The number of Topliss-reactive ketones (excluding diaryl/α,β-unsaturated/α-hetero) is 4. The molecule has 2 aromatic rings. The molecule has 0 atom stereocenters. The number of carbonyl (C=O) groups excluding carboxylic acids is 4. The van der Waals surface area contributed by atoms with Crippen LogP contribution in [0.15, 0.2) is 48.5 Å². The van der Waals surface area contributed by atoms with Crippen molar-refractivity contribution in [3.8, 4) is 0 Å². The molecule has 0 amide bonds. The van der Waals surface area contributed by atoms with Gasteiger partial charge >= 0.3 is 0 Å². The molecule has 132 valence electrons. The first-order chi connectivity index (χ1) is 12.5. The van der Waals surface area contributed by atoms with Gasteiger partial charge in [-0.05, 0) is 12.8 Å². The van der Waals surface area contributed by atoms with E-state index < -0.39 is 0 Å². The van der Waals surface area contributed by atoms with Crippen molar-refractivity contribution in [2.75, 3.05) is 0 Å². The van der Waals surface area contributed by atoms with Crippen LogP contribution in [0.4, 0.5) is 0 Å². The van der Waals surface area contributed by atoms with Gasteiger partial charge in [-0.1, -0.05) is 48.5 Å². The molecule has 0 unspecified atom stereocenters. The van der Waals surface area contributed by atoms with Crippen LogP contribution in [-0.2, 0) is 0 Å². The molecule has 4 aliphatic rings. The van der Waals surface area contributed by atoms with Crippen LogP contribution in [0.25, 0.3) is 0 Å². The van der Waals surface area contributed by atoms with Crippen molar-refractivity contribution in [3.63, 3.8) is 0 Å². The minimum Gasteiger partial charge on any atom is -0.294 e. The van der Waals surface area contributed by atoms with Gasteiger partial charge in [0.2, 0.25) is 0 Å². The maximum absolute atomic E-state index is 12.2. The fourth-order valence-corrected chi connectivity index (χ4v) is 3.08. The summed E-state index contributed by atoms with van der Waals surface area (Å²) in [4.78, 5) is 48.9. The highest BCUT2D eigenvalue weighted by Gasteiger charge is 2.14. The third kappa shape index (κ3) is 4.20. The predicted octanol–water partition coefficient (Wildman–Crippen LogP) is 4.47. The number of hydrogen-bond acceptors (Lipinski definition) is 4. The lowest BCUT2D eigenvalue weighted by atomic mass is 9.96. The van der Waals surface area contributed by atoms with E-state index in [1.807, 2.05) is 0 Å². The van der Waals surface area contributed by atoms with Crippen molar-refractivity contribution >= 4 is 23.1 Å². The molecule has 26 heavy (non-hydrogen) atoms. The van der Waals surface area contributed by atoms with Gasteiger partial charge in [-0.2, -0.15) is 0 Å². The Bertz CT molecular complexity index is 701. The molecule has 4 bridgehead atoms. The van der Waals surface area contributed by atoms with E-state index in [2.05, 4.69) is 0 Å². The largest absolute Gasteiger partial charge is 0.294 e. The van der Waals surface area contributed by atoms with Crippen LogP contribution in [-0.4, -0.2) is 23.1 Å². The lowest BCUT2D eigenvalue weighted by molar-refractivity contribution is 0.0937. The molecule has 4 nitrogen and oxygen atoms in total. The summed E-state index contributed by atoms with van der Waals surface area (Å²) in [5.41, 5.74) is 2.20. The second-order valence-corrected chi connectivity index (χ2v) is 6.55. The molecule has 0 saturated heterocycles. The standard InChI is InChI=1S/C22H20O4/c23-19-3-1-4-20(24)16-9-13-18(14-10-16)22(26)6-2-5-21(25)17-11-7-15(19)8-12-17/h7-14H,1-6H2. The summed E-state index contributed by atoms with van der Waals surface area (Å²) >= 11 is 0. The van der Waals surface area contributed by atoms with E-state index in [0.717, 1.165) is 0 Å². The maximum Gasteiger partial charge on any atom is 0.162 e. The Morgan fingerprint density at radius 1 is 0.385 bits per heavy atom. The van der Waals surface area contributed by atoms with Crippen molar-refractivity contribution in [1.29, 1.82) is 0 Å². The first-order valence-corrected chi connectivity index (χ1v) is 8.87. The molecule has 0 radical (unpaired) electrons. The molecule has 4 heteroatoms. The van der Waals surface area contributed by atoms with Crippen molar-refractivity contribution in [1.82, 2.24) is 0 Å². The van der Waals surface area contributed by atoms with Gasteiger partial charge < -0.3 is 0 Å². The quantitative estimate of drug-likeness (QED) is 0.704. The summed E-state index contributed by atoms with van der Waals surface area (Å²) in [6, 6.07) is 13.3. The molecule has 2 aromatic carbocycles. The van der Waals surface area contributed by atoms with Crippen molar-refractivity contribution in [3.05, 3.63) is 70.8 Å². The Morgan fingerprint density at radius 2 is 0.577 bits per heavy atom. The molecule has 0 N–H and O–H groups in total. The minimum absolute atomic E-state index is 0.0288. The molecular formula is C22H20O4. The number of carbonyl (C=O) groups is 4. The van der Waals surface area contributed by atoms with Gasteiger partial charge in [0.1, 0.15) is 0 Å². The van der Waals surface area contributed by atoms with Crippen LogP contribution in [0, 0.1) is 0 Å². The van der Waals surface area contributed by atoms with E-state index in [0.29, 0.717) is 35.1 Å². The summed E-state index contributed by atoms with van der Waals surface area (Å²) in [5.74, 6) is -0.115. The molecule has 0 aromatic heterocycles. The fourth-order valence-electron chi connectivity index (χ4n) is 3.08. The van der Waals surface area contributed by atoms with E-state index in [9.17, 15) is 19.2 Å². The molecular weight excluding hydrogens is 328 g/mol. The van der Waals surface area contributed by atoms with Gasteiger partial charge in [-0.3, -0.25) is 19.2 Å². The summed E-state index contributed by atoms with van der Waals surface area (Å²) in [7, 11) is 0. The van der Waals surface area contributed by atoms with Gasteiger partial charge in [0.15, 0.2) is 23.1 Å². The average molecular weight is 348 g/mol. The van der Waals surface area contributed by atoms with Gasteiger partial charge in [0.05, 0.1) is 0 Å². The van der Waals surface area contributed by atoms with E-state index in [1.54, 1.807) is 48.5 Å². The third-order valence-electron chi connectivity index (χ3n) is 4.67. The van der Waals surface area contributed by atoms with Gasteiger partial charge in [-0.15, -0.1) is 0 Å². The Kier molecular flexibility index (Phi) is 5.52. The monoisotopic (exact) mass is 348 g/mol. The van der Waals surface area contributed by atoms with Crippen LogP contribution in [0.2, 0.25) is 0 Å². The SMILES string of the molecule is O=C1CCCC(=O)c2ccc(cc2)C(=O)CCCC(=O)c2ccc1cc2. The van der Waals surface area contributed by atoms with Crippen molar-refractivity contribution in [2.45, 2.75) is 38.5 Å². The van der Waals surface area contributed by atoms with Crippen molar-refractivity contribution < 1.29 is 19.2 Å². The fraction of sp³-hybridized carbons (Fsp3) is 0.273. The summed E-state index contributed by atoms with van der Waals surface area (Å²) in [5, 5.41) is 0. The number of rotatable bonds is 0. The average Bonchev–Trinajstić information content (AvgIpc) is 2.67. The minimum atomic E-state index is -0.0288. The highest BCUT2D eigenvalue weighted by Crippen LogP contribution is 2.16. The number of ketones is 4. The van der Waals surface area contributed by atoms with E-state index in [-0.39, 0.29) is 48.8 Å². The highest BCUT2D eigenvalue weighted by molar-refractivity contribution is 6.02. The lowest BCUT2D eigenvalue weighted by Gasteiger charge is -2.06. The molecule has 6 rings (SSSR count). The summed E-state index contributed by atoms with van der Waals surface area (Å²) < 4.78 is 0. The number of hydrogen-bond donors (Lipinski definition) is 0. The van der Waals surface area contributed by atoms with E-state index in [4.69, 9.17) is 0 Å². The zero-order valence-corrected chi connectivity index (χ0v) is 14.5. The second-order valence-electron chi connectivity index (χ2n) is 6.55. The van der Waals surface area contributed by atoms with Crippen LogP contribution in [0.5, 0.6) is 0 Å². The van der Waals surface area contributed by atoms with Gasteiger partial charge in [0.25, 0.3) is 0 Å². The summed E-state index contributed by atoms with van der Waals surface area (Å²) in [6.07, 6.45) is 2.09. The smallest absolute Gasteiger partial charge is 0.162 e. The zero-order valence-electron chi connectivity index (χ0n) is 14.5. The molecule has 0 heterocycles. The molecule has 0 aliphatic heterocycles. The van der Waals surface area contributed by atoms with Gasteiger partial charge in [0, 0.05) is 47.9 Å². The Morgan fingerprint density at radius 3 is 0.769 bits per heavy atom. The molecule has 0 fully saturated rings.